The summed E-state index contributed by atoms with van der Waals surface area (Å²) in [6.45, 7) is 3.64. The molecule has 0 bridgehead atoms. The Labute approximate surface area is 77.5 Å². The van der Waals surface area contributed by atoms with Crippen molar-refractivity contribution in [1.29, 1.82) is 0 Å². The van der Waals surface area contributed by atoms with Crippen molar-refractivity contribution in [3.63, 3.8) is 0 Å². The van der Waals surface area contributed by atoms with Crippen molar-refractivity contribution in [1.82, 2.24) is 10.5 Å². The third-order valence-corrected chi connectivity index (χ3v) is 2.62. The number of nitrogens with two attached hydrogens (primary N) is 1. The lowest BCUT2D eigenvalue weighted by atomic mass is 9.98. The number of rotatable bonds is 2. The molecule has 0 saturated carbocycles. The molecule has 2 heterocycles. The number of aryl methyl sites for hydroxylation is 1. The van der Waals surface area contributed by atoms with Gasteiger partial charge in [0.05, 0.1) is 6.04 Å². The number of nitrogens with zero attached hydrogens (tertiary/aromatic N) is 1. The second kappa shape index (κ2) is 3.47. The first-order chi connectivity index (χ1) is 6.31. The van der Waals surface area contributed by atoms with E-state index < -0.39 is 0 Å². The summed E-state index contributed by atoms with van der Waals surface area (Å²) in [4.78, 5) is 0. The van der Waals surface area contributed by atoms with Crippen LogP contribution in [0.4, 0.5) is 0 Å². The minimum atomic E-state index is 0.294. The van der Waals surface area contributed by atoms with E-state index in [9.17, 15) is 0 Å². The maximum absolute atomic E-state index is 5.67. The van der Waals surface area contributed by atoms with Gasteiger partial charge in [-0.3, -0.25) is 0 Å². The van der Waals surface area contributed by atoms with E-state index in [2.05, 4.69) is 10.5 Å². The molecule has 0 radical (unpaired) electrons. The van der Waals surface area contributed by atoms with Gasteiger partial charge in [0.15, 0.2) is 0 Å². The zero-order valence-electron chi connectivity index (χ0n) is 7.79. The van der Waals surface area contributed by atoms with Gasteiger partial charge in [0.2, 0.25) is 0 Å². The van der Waals surface area contributed by atoms with Crippen molar-refractivity contribution in [2.45, 2.75) is 19.4 Å². The average molecular weight is 181 g/mol. The van der Waals surface area contributed by atoms with E-state index in [0.717, 1.165) is 24.4 Å². The third kappa shape index (κ3) is 1.59. The predicted octanol–water partition coefficient (Wildman–Crippen LogP) is 0.592. The first kappa shape index (κ1) is 8.72. The molecule has 1 aromatic rings. The number of hydrogen-bond acceptors (Lipinski definition) is 4. The quantitative estimate of drug-likeness (QED) is 0.701. The molecular formula is C9H15N3O. The molecule has 2 atom stereocenters. The summed E-state index contributed by atoms with van der Waals surface area (Å²) >= 11 is 0. The van der Waals surface area contributed by atoms with Crippen molar-refractivity contribution in [2.24, 2.45) is 11.7 Å². The van der Waals surface area contributed by atoms with E-state index >= 15 is 0 Å². The molecule has 2 rings (SSSR count). The molecule has 13 heavy (non-hydrogen) atoms. The summed E-state index contributed by atoms with van der Waals surface area (Å²) in [7, 11) is 0. The zero-order chi connectivity index (χ0) is 9.26. The van der Waals surface area contributed by atoms with Crippen LogP contribution in [0.15, 0.2) is 10.6 Å². The summed E-state index contributed by atoms with van der Waals surface area (Å²) < 4.78 is 5.04. The van der Waals surface area contributed by atoms with Gasteiger partial charge in [-0.05, 0) is 32.4 Å². The third-order valence-electron chi connectivity index (χ3n) is 2.62. The van der Waals surface area contributed by atoms with Gasteiger partial charge >= 0.3 is 0 Å². The van der Waals surface area contributed by atoms with E-state index in [0.29, 0.717) is 18.5 Å². The Bertz CT molecular complexity index is 284. The molecule has 0 aromatic carbocycles. The highest BCUT2D eigenvalue weighted by molar-refractivity contribution is 5.11. The molecule has 3 N–H and O–H groups in total. The molecule has 0 spiro atoms. The van der Waals surface area contributed by atoms with Gasteiger partial charge in [0.25, 0.3) is 0 Å². The maximum atomic E-state index is 5.67. The Morgan fingerprint density at radius 3 is 3.23 bits per heavy atom. The van der Waals surface area contributed by atoms with E-state index in [4.69, 9.17) is 10.3 Å². The lowest BCUT2D eigenvalue weighted by Gasteiger charge is -2.14. The molecule has 1 aromatic heterocycles. The fourth-order valence-corrected chi connectivity index (χ4v) is 1.89. The lowest BCUT2D eigenvalue weighted by molar-refractivity contribution is 0.369. The van der Waals surface area contributed by atoms with Gasteiger partial charge in [0.1, 0.15) is 11.5 Å². The molecule has 4 nitrogen and oxygen atoms in total. The van der Waals surface area contributed by atoms with Crippen LogP contribution in [0.3, 0.4) is 0 Å². The maximum Gasteiger partial charge on any atom is 0.133 e. The highest BCUT2D eigenvalue weighted by atomic mass is 16.5. The van der Waals surface area contributed by atoms with E-state index in [1.807, 2.05) is 13.0 Å². The Hall–Kier alpha value is -0.870. The summed E-state index contributed by atoms with van der Waals surface area (Å²) in [6, 6.07) is 2.27. The van der Waals surface area contributed by atoms with Crippen LogP contribution < -0.4 is 11.1 Å². The van der Waals surface area contributed by atoms with E-state index in [-0.39, 0.29) is 0 Å². The molecular weight excluding hydrogens is 166 g/mol. The smallest absolute Gasteiger partial charge is 0.133 e. The van der Waals surface area contributed by atoms with Crippen LogP contribution in [-0.2, 0) is 0 Å². The Morgan fingerprint density at radius 2 is 2.62 bits per heavy atom. The van der Waals surface area contributed by atoms with Gasteiger partial charge in [0, 0.05) is 6.07 Å². The van der Waals surface area contributed by atoms with Crippen molar-refractivity contribution < 1.29 is 4.52 Å². The molecule has 1 aliphatic rings. The first-order valence-electron chi connectivity index (χ1n) is 4.68. The van der Waals surface area contributed by atoms with Crippen LogP contribution in [-0.4, -0.2) is 18.2 Å². The van der Waals surface area contributed by atoms with Crippen LogP contribution in [0.2, 0.25) is 0 Å². The Morgan fingerprint density at radius 1 is 1.77 bits per heavy atom. The fourth-order valence-electron chi connectivity index (χ4n) is 1.89. The molecule has 2 unspecified atom stereocenters. The van der Waals surface area contributed by atoms with Gasteiger partial charge in [-0.1, -0.05) is 5.16 Å². The molecule has 0 aliphatic carbocycles. The van der Waals surface area contributed by atoms with Crippen LogP contribution >= 0.6 is 0 Å². The van der Waals surface area contributed by atoms with Crippen molar-refractivity contribution in [3.8, 4) is 0 Å². The summed E-state index contributed by atoms with van der Waals surface area (Å²) in [5.74, 6) is 1.36. The van der Waals surface area contributed by atoms with Crippen molar-refractivity contribution in [2.75, 3.05) is 13.1 Å². The molecule has 1 saturated heterocycles. The molecule has 4 heteroatoms. The SMILES string of the molecule is Cc1cc(C2NCCC2CN)no1. The number of aromatic nitrogens is 1. The lowest BCUT2D eigenvalue weighted by Crippen LogP contribution is -2.23. The van der Waals surface area contributed by atoms with E-state index in [1.54, 1.807) is 0 Å². The molecule has 72 valence electrons. The molecule has 1 fully saturated rings. The first-order valence-corrected chi connectivity index (χ1v) is 4.68. The Balaban J connectivity index is 2.15. The number of nitrogens with one attached hydrogen (secondary N) is 1. The van der Waals surface area contributed by atoms with Crippen LogP contribution in [0.1, 0.15) is 23.9 Å². The van der Waals surface area contributed by atoms with Crippen molar-refractivity contribution >= 4 is 0 Å². The summed E-state index contributed by atoms with van der Waals surface area (Å²) in [5.41, 5.74) is 6.66. The Kier molecular flexibility index (Phi) is 2.33. The standard InChI is InChI=1S/C9H15N3O/c1-6-4-8(12-13-6)9-7(5-10)2-3-11-9/h4,7,9,11H,2-3,5,10H2,1H3. The van der Waals surface area contributed by atoms with Gasteiger partial charge in [-0.25, -0.2) is 0 Å². The normalized spacial score (nSPS) is 28.2. The predicted molar refractivity (Wildman–Crippen MR) is 49.1 cm³/mol. The number of hydrogen-bond donors (Lipinski definition) is 2. The van der Waals surface area contributed by atoms with Crippen LogP contribution in [0, 0.1) is 12.8 Å². The van der Waals surface area contributed by atoms with E-state index in [1.165, 1.54) is 0 Å². The monoisotopic (exact) mass is 181 g/mol. The van der Waals surface area contributed by atoms with Crippen LogP contribution in [0.25, 0.3) is 0 Å². The van der Waals surface area contributed by atoms with Gasteiger partial charge in [-0.15, -0.1) is 0 Å². The highest BCUT2D eigenvalue weighted by Crippen LogP contribution is 2.27. The second-order valence-electron chi connectivity index (χ2n) is 3.58. The minimum absolute atomic E-state index is 0.294. The fraction of sp³-hybridized carbons (Fsp3) is 0.667. The zero-order valence-corrected chi connectivity index (χ0v) is 7.79. The highest BCUT2D eigenvalue weighted by Gasteiger charge is 2.29. The average Bonchev–Trinajstić information content (AvgIpc) is 2.71. The molecule has 0 amide bonds. The summed E-state index contributed by atoms with van der Waals surface area (Å²) in [6.07, 6.45) is 1.13. The topological polar surface area (TPSA) is 64.1 Å². The van der Waals surface area contributed by atoms with Crippen LogP contribution in [0.5, 0.6) is 0 Å². The largest absolute Gasteiger partial charge is 0.361 e. The van der Waals surface area contributed by atoms with Gasteiger partial charge < -0.3 is 15.6 Å². The summed E-state index contributed by atoms with van der Waals surface area (Å²) in [5, 5.41) is 7.39. The molecule has 1 aliphatic heterocycles. The van der Waals surface area contributed by atoms with Gasteiger partial charge in [-0.2, -0.15) is 0 Å². The second-order valence-corrected chi connectivity index (χ2v) is 3.58. The van der Waals surface area contributed by atoms with Crippen molar-refractivity contribution in [3.05, 3.63) is 17.5 Å². The minimum Gasteiger partial charge on any atom is -0.361 e.